The van der Waals surface area contributed by atoms with Crippen LogP contribution in [0.2, 0.25) is 0 Å². The number of para-hydroxylation sites is 2. The molecule has 0 saturated heterocycles. The first-order valence-corrected chi connectivity index (χ1v) is 16.5. The fraction of sp³-hybridized carbons (Fsp3) is 0. The van der Waals surface area contributed by atoms with E-state index in [-0.39, 0.29) is 29.7 Å². The summed E-state index contributed by atoms with van der Waals surface area (Å²) in [5.74, 6) is 0. The minimum Gasteiger partial charge on any atom is -0.455 e. The van der Waals surface area contributed by atoms with Crippen molar-refractivity contribution >= 4 is 54.3 Å². The zero-order chi connectivity index (χ0) is 35.8. The zero-order valence-corrected chi connectivity index (χ0v) is 26.4. The molecule has 0 atom stereocenters. The molecule has 0 fully saturated rings. The average molecular weight is 627 g/mol. The molecule has 0 spiro atoms. The van der Waals surface area contributed by atoms with Crippen LogP contribution in [0.25, 0.3) is 98.8 Å². The van der Waals surface area contributed by atoms with Gasteiger partial charge in [0.15, 0.2) is 0 Å². The molecule has 0 unspecified atom stereocenters. The van der Waals surface area contributed by atoms with Crippen LogP contribution in [0.15, 0.2) is 186 Å². The van der Waals surface area contributed by atoms with Crippen LogP contribution in [0.4, 0.5) is 0 Å². The minimum atomic E-state index is -0.0648. The lowest BCUT2D eigenvalue weighted by atomic mass is 9.85. The Bertz CT molecular complexity index is 3020. The Morgan fingerprint density at radius 2 is 0.837 bits per heavy atom. The summed E-state index contributed by atoms with van der Waals surface area (Å²) in [4.78, 5) is 0. The van der Waals surface area contributed by atoms with Crippen LogP contribution in [0.5, 0.6) is 0 Å². The van der Waals surface area contributed by atoms with Gasteiger partial charge >= 0.3 is 0 Å². The summed E-state index contributed by atoms with van der Waals surface area (Å²) >= 11 is 0. The fourth-order valence-electron chi connectivity index (χ4n) is 7.48. The van der Waals surface area contributed by atoms with E-state index in [1.165, 1.54) is 0 Å². The normalized spacial score (nSPS) is 12.8. The van der Waals surface area contributed by atoms with Gasteiger partial charge < -0.3 is 4.42 Å². The van der Waals surface area contributed by atoms with Crippen LogP contribution in [0.3, 0.4) is 0 Å². The highest BCUT2D eigenvalue weighted by Crippen LogP contribution is 2.47. The lowest BCUT2D eigenvalue weighted by Gasteiger charge is -2.18. The van der Waals surface area contributed by atoms with Crippen molar-refractivity contribution in [2.45, 2.75) is 0 Å². The lowest BCUT2D eigenvalue weighted by molar-refractivity contribution is 0.671. The molecule has 9 aromatic carbocycles. The van der Waals surface area contributed by atoms with Gasteiger partial charge in [-0.05, 0) is 66.2 Å². The maximum atomic E-state index is 9.45. The molecule has 0 aliphatic carbocycles. The van der Waals surface area contributed by atoms with Gasteiger partial charge in [0.05, 0.1) is 5.48 Å². The van der Waals surface area contributed by atoms with Gasteiger partial charge in [-0.2, -0.15) is 0 Å². The first-order valence-electron chi connectivity index (χ1n) is 18.5. The second-order valence-corrected chi connectivity index (χ2v) is 12.5. The molecule has 49 heavy (non-hydrogen) atoms. The molecule has 0 saturated carbocycles. The molecular formula is C48H30O. The van der Waals surface area contributed by atoms with Crippen molar-refractivity contribution in [3.8, 4) is 44.5 Å². The Morgan fingerprint density at radius 3 is 1.51 bits per heavy atom. The molecule has 0 bridgehead atoms. The molecule has 1 nitrogen and oxygen atoms in total. The van der Waals surface area contributed by atoms with E-state index >= 15 is 0 Å². The Labute approximate surface area is 289 Å². The van der Waals surface area contributed by atoms with E-state index < -0.39 is 0 Å². The van der Waals surface area contributed by atoms with Gasteiger partial charge in [-0.15, -0.1) is 0 Å². The van der Waals surface area contributed by atoms with Crippen molar-refractivity contribution in [3.63, 3.8) is 0 Å². The first kappa shape index (κ1) is 23.8. The van der Waals surface area contributed by atoms with Crippen molar-refractivity contribution in [1.29, 1.82) is 0 Å². The maximum absolute atomic E-state index is 9.45. The van der Waals surface area contributed by atoms with E-state index in [2.05, 4.69) is 60.7 Å². The third-order valence-corrected chi connectivity index (χ3v) is 9.72. The molecule has 1 aromatic heterocycles. The summed E-state index contributed by atoms with van der Waals surface area (Å²) in [6, 6.07) is 52.5. The summed E-state index contributed by atoms with van der Waals surface area (Å²) in [5.41, 5.74) is 7.62. The number of rotatable bonds is 4. The van der Waals surface area contributed by atoms with Gasteiger partial charge in [0.2, 0.25) is 0 Å². The fourth-order valence-corrected chi connectivity index (χ4v) is 7.48. The average Bonchev–Trinajstić information content (AvgIpc) is 3.60. The summed E-state index contributed by atoms with van der Waals surface area (Å²) in [5, 5.41) is 7.67. The Balaban J connectivity index is 1.26. The summed E-state index contributed by atoms with van der Waals surface area (Å²) in [6.07, 6.45) is 0. The highest BCUT2D eigenvalue weighted by Gasteiger charge is 2.21. The van der Waals surface area contributed by atoms with E-state index in [1.807, 2.05) is 97.1 Å². The highest BCUT2D eigenvalue weighted by atomic mass is 16.3. The van der Waals surface area contributed by atoms with Gasteiger partial charge in [-0.25, -0.2) is 0 Å². The largest absolute Gasteiger partial charge is 0.455 e. The molecule has 0 N–H and O–H groups in total. The monoisotopic (exact) mass is 626 g/mol. The molecule has 0 aliphatic rings. The van der Waals surface area contributed by atoms with Gasteiger partial charge in [0.25, 0.3) is 0 Å². The van der Waals surface area contributed by atoms with E-state index in [1.54, 1.807) is 0 Å². The molecular weight excluding hydrogens is 593 g/mol. The first-order chi connectivity index (χ1) is 26.0. The Morgan fingerprint density at radius 1 is 0.327 bits per heavy atom. The quantitative estimate of drug-likeness (QED) is 0.177. The number of furan rings is 1. The van der Waals surface area contributed by atoms with Crippen LogP contribution < -0.4 is 0 Å². The topological polar surface area (TPSA) is 13.1 Å². The second-order valence-electron chi connectivity index (χ2n) is 12.5. The van der Waals surface area contributed by atoms with Crippen molar-refractivity contribution in [1.82, 2.24) is 0 Å². The van der Waals surface area contributed by atoms with E-state index in [0.717, 1.165) is 76.5 Å². The summed E-state index contributed by atoms with van der Waals surface area (Å²) in [6.45, 7) is 0. The van der Waals surface area contributed by atoms with Crippen molar-refractivity contribution in [2.75, 3.05) is 0 Å². The smallest absolute Gasteiger partial charge is 0.143 e. The molecule has 0 amide bonds. The number of benzene rings is 9. The molecule has 0 aliphatic heterocycles. The van der Waals surface area contributed by atoms with Crippen molar-refractivity contribution in [3.05, 3.63) is 182 Å². The van der Waals surface area contributed by atoms with E-state index in [4.69, 9.17) is 4.42 Å². The van der Waals surface area contributed by atoms with Crippen LogP contribution in [0.1, 0.15) is 5.48 Å². The standard InChI is InChI=1S/C48H30O/c1-2-13-33(14-3-1)37-20-10-21-42-43-22-11-23-44(48(43)49-47(37)42)46-40-18-8-6-16-38(40)45(39-17-7-9-19-41(39)46)34-27-24-32(25-28-34)36-29-26-31-12-4-5-15-35(31)30-36/h1-30H/i24D,25D,27D,28D. The van der Waals surface area contributed by atoms with E-state index in [9.17, 15) is 5.48 Å². The Kier molecular flexibility index (Phi) is 5.38. The zero-order valence-electron chi connectivity index (χ0n) is 30.4. The minimum absolute atomic E-state index is 0.0604. The Hall–Kier alpha value is -6.44. The molecule has 0 radical (unpaired) electrons. The molecule has 10 rings (SSSR count). The predicted octanol–water partition coefficient (Wildman–Crippen LogP) is 13.7. The van der Waals surface area contributed by atoms with Crippen LogP contribution in [-0.2, 0) is 0 Å². The van der Waals surface area contributed by atoms with Gasteiger partial charge in [0.1, 0.15) is 11.2 Å². The summed E-state index contributed by atoms with van der Waals surface area (Å²) < 4.78 is 44.3. The third-order valence-electron chi connectivity index (χ3n) is 9.72. The number of fused-ring (bicyclic) bond motifs is 6. The van der Waals surface area contributed by atoms with Crippen molar-refractivity contribution in [2.24, 2.45) is 0 Å². The molecule has 10 aromatic rings. The van der Waals surface area contributed by atoms with Gasteiger partial charge in [0, 0.05) is 27.5 Å². The third kappa shape index (κ3) is 4.40. The molecule has 1 heteroatoms. The van der Waals surface area contributed by atoms with Gasteiger partial charge in [-0.3, -0.25) is 0 Å². The SMILES string of the molecule is [2H]c1c([2H])c(-c2c3ccccc3c(-c3cccc4c3oc3c(-c5ccccc5)cccc34)c3ccccc23)c([2H])c([2H])c1-c1ccc2ccccc2c1. The molecule has 1 heterocycles. The predicted molar refractivity (Wildman–Crippen MR) is 208 cm³/mol. The van der Waals surface area contributed by atoms with Gasteiger partial charge in [-0.1, -0.05) is 176 Å². The summed E-state index contributed by atoms with van der Waals surface area (Å²) in [7, 11) is 0. The van der Waals surface area contributed by atoms with Crippen LogP contribution in [0, 0.1) is 0 Å². The highest BCUT2D eigenvalue weighted by molar-refractivity contribution is 6.24. The maximum Gasteiger partial charge on any atom is 0.143 e. The van der Waals surface area contributed by atoms with Crippen LogP contribution in [-0.4, -0.2) is 0 Å². The van der Waals surface area contributed by atoms with Crippen molar-refractivity contribution < 1.29 is 9.90 Å². The van der Waals surface area contributed by atoms with E-state index in [0.29, 0.717) is 16.7 Å². The number of hydrogen-bond acceptors (Lipinski definition) is 1. The van der Waals surface area contributed by atoms with Crippen LogP contribution >= 0.6 is 0 Å². The lowest BCUT2D eigenvalue weighted by Crippen LogP contribution is -1.91. The number of hydrogen-bond donors (Lipinski definition) is 0. The second kappa shape index (κ2) is 11.1. The molecule has 228 valence electrons.